The van der Waals surface area contributed by atoms with Crippen molar-refractivity contribution in [1.29, 1.82) is 0 Å². The van der Waals surface area contributed by atoms with Crippen molar-refractivity contribution in [2.75, 3.05) is 6.61 Å². The Morgan fingerprint density at radius 1 is 1.38 bits per heavy atom. The Morgan fingerprint density at radius 3 is 2.62 bits per heavy atom. The quantitative estimate of drug-likeness (QED) is 0.305. The van der Waals surface area contributed by atoms with E-state index >= 15 is 0 Å². The summed E-state index contributed by atoms with van der Waals surface area (Å²) in [6.45, 7) is 11.5. The summed E-state index contributed by atoms with van der Waals surface area (Å²) >= 11 is 0. The monoisotopic (exact) mass is 406 g/mol. The highest BCUT2D eigenvalue weighted by molar-refractivity contribution is 5.91. The van der Waals surface area contributed by atoms with Gasteiger partial charge in [-0.15, -0.1) is 0 Å². The van der Waals surface area contributed by atoms with Crippen LogP contribution in [-0.4, -0.2) is 59.1 Å². The van der Waals surface area contributed by atoms with Crippen LogP contribution in [0.3, 0.4) is 0 Å². The van der Waals surface area contributed by atoms with Gasteiger partial charge in [0.2, 0.25) is 0 Å². The molecule has 0 radical (unpaired) electrons. The number of fused-ring (bicyclic) bond motifs is 3. The zero-order valence-electron chi connectivity index (χ0n) is 16.7. The van der Waals surface area contributed by atoms with Crippen molar-refractivity contribution >= 4 is 17.9 Å². The maximum Gasteiger partial charge on any atom is 0.336 e. The van der Waals surface area contributed by atoms with E-state index in [0.717, 1.165) is 5.57 Å². The highest BCUT2D eigenvalue weighted by atomic mass is 16.6. The molecule has 0 spiro atoms. The summed E-state index contributed by atoms with van der Waals surface area (Å²) in [4.78, 5) is 36.2. The smallest absolute Gasteiger partial charge is 0.336 e. The maximum absolute atomic E-state index is 12.4. The van der Waals surface area contributed by atoms with Gasteiger partial charge in [-0.2, -0.15) is 0 Å². The third kappa shape index (κ3) is 3.40. The molecule has 2 aliphatic carbocycles. The van der Waals surface area contributed by atoms with Crippen LogP contribution in [0.2, 0.25) is 0 Å². The topological polar surface area (TPSA) is 119 Å². The number of hydrogen-bond acceptors (Lipinski definition) is 8. The van der Waals surface area contributed by atoms with Gasteiger partial charge >= 0.3 is 17.9 Å². The number of esters is 3. The molecule has 1 aliphatic heterocycles. The van der Waals surface area contributed by atoms with E-state index in [-0.39, 0.29) is 23.5 Å². The van der Waals surface area contributed by atoms with Gasteiger partial charge < -0.3 is 24.4 Å². The molecule has 29 heavy (non-hydrogen) atoms. The van der Waals surface area contributed by atoms with Crippen LogP contribution in [0.5, 0.6) is 0 Å². The molecule has 158 valence electrons. The molecule has 3 rings (SSSR count). The minimum absolute atomic E-state index is 0.145. The van der Waals surface area contributed by atoms with Crippen molar-refractivity contribution in [3.63, 3.8) is 0 Å². The van der Waals surface area contributed by atoms with E-state index in [1.165, 1.54) is 6.92 Å². The number of aliphatic hydroxyl groups is 2. The maximum atomic E-state index is 12.4. The standard InChI is InChI=1S/C21H26O8/c1-9-6-14(27-12(4)23)18(29-19(25)10(2)8-22)21(5)7-13(24)15-11(3)20(26)28-17(15)16(9)21/h6,13-18,22,24H,2-3,7-8H2,1,4-5H3. The van der Waals surface area contributed by atoms with Crippen molar-refractivity contribution < 1.29 is 38.8 Å². The summed E-state index contributed by atoms with van der Waals surface area (Å²) in [7, 11) is 0. The zero-order chi connectivity index (χ0) is 21.7. The van der Waals surface area contributed by atoms with Crippen molar-refractivity contribution in [2.24, 2.45) is 17.3 Å². The van der Waals surface area contributed by atoms with Gasteiger partial charge in [0.05, 0.1) is 24.2 Å². The molecule has 7 atom stereocenters. The van der Waals surface area contributed by atoms with Gasteiger partial charge in [0.1, 0.15) is 12.2 Å². The second-order valence-electron chi connectivity index (χ2n) is 8.25. The van der Waals surface area contributed by atoms with E-state index in [1.807, 2.05) is 6.92 Å². The molecule has 0 aromatic rings. The molecule has 2 fully saturated rings. The first kappa shape index (κ1) is 21.3. The van der Waals surface area contributed by atoms with Crippen LogP contribution in [0, 0.1) is 17.3 Å². The Hall–Kier alpha value is -2.45. The number of rotatable bonds is 4. The fraction of sp³-hybridized carbons (Fsp3) is 0.571. The number of aliphatic hydroxyl groups excluding tert-OH is 2. The van der Waals surface area contributed by atoms with Crippen LogP contribution in [0.15, 0.2) is 36.0 Å². The number of ether oxygens (including phenoxy) is 3. The lowest BCUT2D eigenvalue weighted by Crippen LogP contribution is -2.61. The summed E-state index contributed by atoms with van der Waals surface area (Å²) in [5.41, 5.74) is -0.0264. The first-order valence-electron chi connectivity index (χ1n) is 9.44. The Kier molecular flexibility index (Phi) is 5.44. The molecule has 0 bridgehead atoms. The van der Waals surface area contributed by atoms with Gasteiger partial charge in [0.25, 0.3) is 0 Å². The molecule has 7 unspecified atom stereocenters. The fourth-order valence-corrected chi connectivity index (χ4v) is 5.06. The molecule has 0 aromatic heterocycles. The van der Waals surface area contributed by atoms with Crippen molar-refractivity contribution in [1.82, 2.24) is 0 Å². The van der Waals surface area contributed by atoms with Gasteiger partial charge in [-0.1, -0.05) is 25.7 Å². The molecule has 1 heterocycles. The van der Waals surface area contributed by atoms with Crippen molar-refractivity contribution in [3.05, 3.63) is 36.0 Å². The fourth-order valence-electron chi connectivity index (χ4n) is 5.06. The third-order valence-electron chi connectivity index (χ3n) is 6.25. The molecule has 0 amide bonds. The van der Waals surface area contributed by atoms with Crippen LogP contribution in [0.4, 0.5) is 0 Å². The largest absolute Gasteiger partial charge is 0.458 e. The molecular weight excluding hydrogens is 380 g/mol. The molecule has 2 N–H and O–H groups in total. The predicted octanol–water partition coefficient (Wildman–Crippen LogP) is 0.823. The summed E-state index contributed by atoms with van der Waals surface area (Å²) in [5, 5.41) is 20.0. The summed E-state index contributed by atoms with van der Waals surface area (Å²) < 4.78 is 16.6. The lowest BCUT2D eigenvalue weighted by Gasteiger charge is -2.54. The normalized spacial score (nSPS) is 38.3. The summed E-state index contributed by atoms with van der Waals surface area (Å²) in [5.74, 6) is -2.88. The van der Waals surface area contributed by atoms with E-state index < -0.39 is 60.3 Å². The SMILES string of the molecule is C=C(CO)C(=O)OC1C(OC(C)=O)C=C(C)C2C3OC(=O)C(=C)C3C(O)CC12C. The van der Waals surface area contributed by atoms with Gasteiger partial charge in [-0.25, -0.2) is 9.59 Å². The minimum Gasteiger partial charge on any atom is -0.458 e. The second-order valence-corrected chi connectivity index (χ2v) is 8.25. The average Bonchev–Trinajstić information content (AvgIpc) is 2.91. The molecule has 0 aromatic carbocycles. The predicted molar refractivity (Wildman–Crippen MR) is 100 cm³/mol. The summed E-state index contributed by atoms with van der Waals surface area (Å²) in [6.07, 6.45) is -1.64. The van der Waals surface area contributed by atoms with Crippen LogP contribution in [0.25, 0.3) is 0 Å². The van der Waals surface area contributed by atoms with Gasteiger partial charge in [0, 0.05) is 23.8 Å². The van der Waals surface area contributed by atoms with Crippen LogP contribution in [-0.2, 0) is 28.6 Å². The van der Waals surface area contributed by atoms with E-state index in [0.29, 0.717) is 0 Å². The van der Waals surface area contributed by atoms with Gasteiger partial charge in [0.15, 0.2) is 6.10 Å². The molecule has 8 heteroatoms. The molecule has 3 aliphatic rings. The first-order chi connectivity index (χ1) is 13.5. The third-order valence-corrected chi connectivity index (χ3v) is 6.25. The van der Waals surface area contributed by atoms with Crippen LogP contribution < -0.4 is 0 Å². The van der Waals surface area contributed by atoms with Gasteiger partial charge in [-0.3, -0.25) is 4.79 Å². The average molecular weight is 406 g/mol. The van der Waals surface area contributed by atoms with Gasteiger partial charge in [-0.05, 0) is 19.4 Å². The highest BCUT2D eigenvalue weighted by Gasteiger charge is 2.63. The van der Waals surface area contributed by atoms with E-state index in [1.54, 1.807) is 13.0 Å². The van der Waals surface area contributed by atoms with Crippen LogP contribution >= 0.6 is 0 Å². The Labute approximate surface area is 168 Å². The first-order valence-corrected chi connectivity index (χ1v) is 9.44. The van der Waals surface area contributed by atoms with Crippen molar-refractivity contribution in [2.45, 2.75) is 51.6 Å². The molecule has 1 saturated carbocycles. The van der Waals surface area contributed by atoms with E-state index in [9.17, 15) is 24.6 Å². The van der Waals surface area contributed by atoms with E-state index in [2.05, 4.69) is 13.2 Å². The highest BCUT2D eigenvalue weighted by Crippen LogP contribution is 2.57. The lowest BCUT2D eigenvalue weighted by atomic mass is 9.54. The summed E-state index contributed by atoms with van der Waals surface area (Å²) in [6, 6.07) is 0. The number of hydrogen-bond donors (Lipinski definition) is 2. The Bertz CT molecular complexity index is 811. The molecular formula is C21H26O8. The van der Waals surface area contributed by atoms with Crippen molar-refractivity contribution in [3.8, 4) is 0 Å². The van der Waals surface area contributed by atoms with Crippen LogP contribution in [0.1, 0.15) is 27.2 Å². The minimum atomic E-state index is -0.973. The number of carbonyl (C=O) groups is 3. The zero-order valence-corrected chi connectivity index (χ0v) is 16.7. The lowest BCUT2D eigenvalue weighted by molar-refractivity contribution is -0.196. The Balaban J connectivity index is 2.07. The molecule has 1 saturated heterocycles. The second kappa shape index (κ2) is 7.42. The number of carbonyl (C=O) groups excluding carboxylic acids is 3. The Morgan fingerprint density at radius 2 is 2.03 bits per heavy atom. The molecule has 8 nitrogen and oxygen atoms in total. The van der Waals surface area contributed by atoms with E-state index in [4.69, 9.17) is 14.2 Å².